The Morgan fingerprint density at radius 2 is 1.44 bits per heavy atom. The second kappa shape index (κ2) is 10.5. The second-order valence-corrected chi connectivity index (χ2v) is 8.03. The van der Waals surface area contributed by atoms with Crippen molar-refractivity contribution in [3.63, 3.8) is 0 Å². The fourth-order valence-electron chi connectivity index (χ4n) is 3.63. The number of aromatic nitrogens is 2. The van der Waals surface area contributed by atoms with Gasteiger partial charge in [-0.3, -0.25) is 0 Å². The van der Waals surface area contributed by atoms with Crippen LogP contribution in [0.4, 0.5) is 33.6 Å². The molecule has 7 nitrogen and oxygen atoms in total. The Bertz CT molecular complexity index is 1230. The van der Waals surface area contributed by atoms with Crippen LogP contribution >= 0.6 is 0 Å². The number of urea groups is 1. The molecule has 2 N–H and O–H groups in total. The van der Waals surface area contributed by atoms with Crippen molar-refractivity contribution in [3.05, 3.63) is 103 Å². The molecular formula is C27H28N6O. The predicted octanol–water partition coefficient (Wildman–Crippen LogP) is 6.09. The van der Waals surface area contributed by atoms with Crippen LogP contribution in [-0.4, -0.2) is 30.1 Å². The topological polar surface area (TPSA) is 73.4 Å². The standard InChI is InChI=1S/C27H28N6O/c1-20(21-12-6-4-7-13-21)29-26-28-19-18-25(31-26)33(24-17-11-10-16-23(24)32(2)3)27(34)30-22-14-8-5-9-15-22/h4-20H,1-3H3,(H,30,34)(H,28,29,31). The molecule has 1 aromatic heterocycles. The number of carbonyl (C=O) groups excluding carboxylic acids is 1. The summed E-state index contributed by atoms with van der Waals surface area (Å²) < 4.78 is 0. The minimum Gasteiger partial charge on any atom is -0.376 e. The van der Waals surface area contributed by atoms with Gasteiger partial charge in [0.05, 0.1) is 17.4 Å². The maximum absolute atomic E-state index is 13.6. The molecule has 0 bridgehead atoms. The van der Waals surface area contributed by atoms with Gasteiger partial charge >= 0.3 is 6.03 Å². The molecule has 0 aliphatic rings. The van der Waals surface area contributed by atoms with Gasteiger partial charge in [0, 0.05) is 32.0 Å². The van der Waals surface area contributed by atoms with E-state index in [1.54, 1.807) is 17.2 Å². The van der Waals surface area contributed by atoms with Crippen LogP contribution in [0, 0.1) is 0 Å². The maximum Gasteiger partial charge on any atom is 0.332 e. The largest absolute Gasteiger partial charge is 0.376 e. The molecule has 0 fully saturated rings. The van der Waals surface area contributed by atoms with Gasteiger partial charge in [-0.05, 0) is 36.8 Å². The fourth-order valence-corrected chi connectivity index (χ4v) is 3.63. The van der Waals surface area contributed by atoms with E-state index >= 15 is 0 Å². The Hall–Kier alpha value is -4.39. The summed E-state index contributed by atoms with van der Waals surface area (Å²) >= 11 is 0. The van der Waals surface area contributed by atoms with Crippen molar-refractivity contribution in [1.29, 1.82) is 0 Å². The van der Waals surface area contributed by atoms with E-state index in [1.165, 1.54) is 0 Å². The molecule has 1 heterocycles. The highest BCUT2D eigenvalue weighted by atomic mass is 16.2. The van der Waals surface area contributed by atoms with Crippen LogP contribution in [-0.2, 0) is 0 Å². The Morgan fingerprint density at radius 3 is 2.12 bits per heavy atom. The van der Waals surface area contributed by atoms with E-state index < -0.39 is 0 Å². The Labute approximate surface area is 200 Å². The zero-order valence-corrected chi connectivity index (χ0v) is 19.5. The van der Waals surface area contributed by atoms with Gasteiger partial charge in [-0.1, -0.05) is 60.7 Å². The van der Waals surface area contributed by atoms with Crippen LogP contribution < -0.4 is 20.4 Å². The molecule has 0 aliphatic heterocycles. The smallest absolute Gasteiger partial charge is 0.332 e. The van der Waals surface area contributed by atoms with Gasteiger partial charge in [-0.2, -0.15) is 4.98 Å². The number of rotatable bonds is 7. The summed E-state index contributed by atoms with van der Waals surface area (Å²) in [6.07, 6.45) is 1.66. The lowest BCUT2D eigenvalue weighted by atomic mass is 10.1. The van der Waals surface area contributed by atoms with E-state index in [1.807, 2.05) is 98.7 Å². The number of hydrogen-bond acceptors (Lipinski definition) is 5. The molecule has 7 heteroatoms. The minimum absolute atomic E-state index is 0.00268. The number of benzene rings is 3. The first-order chi connectivity index (χ1) is 16.5. The molecule has 0 radical (unpaired) electrons. The van der Waals surface area contributed by atoms with Gasteiger partial charge in [0.25, 0.3) is 0 Å². The molecular weight excluding hydrogens is 424 g/mol. The summed E-state index contributed by atoms with van der Waals surface area (Å²) in [6.45, 7) is 2.05. The van der Waals surface area contributed by atoms with Crippen LogP contribution in [0.2, 0.25) is 0 Å². The number of nitrogens with zero attached hydrogens (tertiary/aromatic N) is 4. The first-order valence-electron chi connectivity index (χ1n) is 11.1. The molecule has 2 amide bonds. The number of nitrogens with one attached hydrogen (secondary N) is 2. The highest BCUT2D eigenvalue weighted by Crippen LogP contribution is 2.33. The van der Waals surface area contributed by atoms with Gasteiger partial charge in [0.2, 0.25) is 5.95 Å². The molecule has 3 aromatic carbocycles. The lowest BCUT2D eigenvalue weighted by Gasteiger charge is -2.27. The molecule has 34 heavy (non-hydrogen) atoms. The molecule has 4 aromatic rings. The van der Waals surface area contributed by atoms with Gasteiger partial charge in [0.1, 0.15) is 5.82 Å². The van der Waals surface area contributed by atoms with E-state index in [2.05, 4.69) is 27.8 Å². The van der Waals surface area contributed by atoms with Gasteiger partial charge in [-0.25, -0.2) is 14.7 Å². The average molecular weight is 453 g/mol. The third kappa shape index (κ3) is 5.32. The number of para-hydroxylation sites is 3. The first kappa shape index (κ1) is 22.8. The van der Waals surface area contributed by atoms with E-state index in [0.29, 0.717) is 23.1 Å². The summed E-state index contributed by atoms with van der Waals surface area (Å²) in [7, 11) is 3.89. The predicted molar refractivity (Wildman–Crippen MR) is 139 cm³/mol. The minimum atomic E-state index is -0.318. The van der Waals surface area contributed by atoms with Crippen LogP contribution in [0.15, 0.2) is 97.2 Å². The highest BCUT2D eigenvalue weighted by Gasteiger charge is 2.23. The van der Waals surface area contributed by atoms with Crippen molar-refractivity contribution >= 4 is 34.9 Å². The number of anilines is 5. The molecule has 4 rings (SSSR count). The van der Waals surface area contributed by atoms with Crippen molar-refractivity contribution in [3.8, 4) is 0 Å². The first-order valence-corrected chi connectivity index (χ1v) is 11.1. The molecule has 0 saturated heterocycles. The third-order valence-corrected chi connectivity index (χ3v) is 5.35. The normalized spacial score (nSPS) is 11.4. The Balaban J connectivity index is 1.70. The highest BCUT2D eigenvalue weighted by molar-refractivity contribution is 6.08. The SMILES string of the molecule is CC(Nc1nccc(N(C(=O)Nc2ccccc2)c2ccccc2N(C)C)n1)c1ccccc1. The fraction of sp³-hybridized carbons (Fsp3) is 0.148. The summed E-state index contributed by atoms with van der Waals surface area (Å²) in [5.41, 5.74) is 3.41. The van der Waals surface area contributed by atoms with E-state index in [0.717, 1.165) is 11.3 Å². The van der Waals surface area contributed by atoms with Crippen molar-refractivity contribution < 1.29 is 4.79 Å². The number of carbonyl (C=O) groups is 1. The number of amides is 2. The summed E-state index contributed by atoms with van der Waals surface area (Å²) in [4.78, 5) is 26.2. The van der Waals surface area contributed by atoms with E-state index in [-0.39, 0.29) is 12.1 Å². The zero-order chi connectivity index (χ0) is 23.9. The summed E-state index contributed by atoms with van der Waals surface area (Å²) in [5, 5.41) is 6.32. The van der Waals surface area contributed by atoms with E-state index in [4.69, 9.17) is 4.98 Å². The van der Waals surface area contributed by atoms with E-state index in [9.17, 15) is 4.79 Å². The molecule has 0 saturated carbocycles. The van der Waals surface area contributed by atoms with Gasteiger partial charge < -0.3 is 15.5 Å². The monoisotopic (exact) mass is 452 g/mol. The quantitative estimate of drug-likeness (QED) is 0.355. The van der Waals surface area contributed by atoms with Crippen LogP contribution in [0.5, 0.6) is 0 Å². The number of hydrogen-bond donors (Lipinski definition) is 2. The van der Waals surface area contributed by atoms with Crippen LogP contribution in [0.3, 0.4) is 0 Å². The van der Waals surface area contributed by atoms with Crippen molar-refractivity contribution in [2.24, 2.45) is 0 Å². The lowest BCUT2D eigenvalue weighted by Crippen LogP contribution is -2.33. The Morgan fingerprint density at radius 1 is 0.824 bits per heavy atom. The molecule has 0 spiro atoms. The van der Waals surface area contributed by atoms with Crippen molar-refractivity contribution in [1.82, 2.24) is 9.97 Å². The van der Waals surface area contributed by atoms with Gasteiger partial charge in [0.15, 0.2) is 0 Å². The molecule has 1 unspecified atom stereocenters. The lowest BCUT2D eigenvalue weighted by molar-refractivity contribution is 0.259. The summed E-state index contributed by atoms with van der Waals surface area (Å²) in [5.74, 6) is 0.897. The third-order valence-electron chi connectivity index (χ3n) is 5.35. The average Bonchev–Trinajstić information content (AvgIpc) is 2.86. The maximum atomic E-state index is 13.6. The zero-order valence-electron chi connectivity index (χ0n) is 19.5. The molecule has 172 valence electrons. The molecule has 1 atom stereocenters. The van der Waals surface area contributed by atoms with Crippen LogP contribution in [0.25, 0.3) is 0 Å². The summed E-state index contributed by atoms with van der Waals surface area (Å²) in [6, 6.07) is 28.6. The van der Waals surface area contributed by atoms with Gasteiger partial charge in [-0.15, -0.1) is 0 Å². The Kier molecular flexibility index (Phi) is 7.03. The van der Waals surface area contributed by atoms with Crippen LogP contribution in [0.1, 0.15) is 18.5 Å². The second-order valence-electron chi connectivity index (χ2n) is 8.03. The van der Waals surface area contributed by atoms with Crippen molar-refractivity contribution in [2.45, 2.75) is 13.0 Å². The molecule has 0 aliphatic carbocycles. The van der Waals surface area contributed by atoms with Crippen molar-refractivity contribution in [2.75, 3.05) is 34.5 Å².